The maximum atomic E-state index is 12.8. The van der Waals surface area contributed by atoms with E-state index < -0.39 is 6.10 Å². The molecular formula is C71H116O6. The van der Waals surface area contributed by atoms with E-state index in [0.29, 0.717) is 19.3 Å². The molecule has 1 atom stereocenters. The molecule has 0 spiro atoms. The van der Waals surface area contributed by atoms with Gasteiger partial charge < -0.3 is 14.2 Å². The summed E-state index contributed by atoms with van der Waals surface area (Å²) in [5.41, 5.74) is 0. The van der Waals surface area contributed by atoms with Gasteiger partial charge in [-0.3, -0.25) is 14.4 Å². The van der Waals surface area contributed by atoms with Crippen LogP contribution < -0.4 is 0 Å². The Bertz CT molecular complexity index is 1650. The Morgan fingerprint density at radius 1 is 0.273 bits per heavy atom. The van der Waals surface area contributed by atoms with Crippen LogP contribution in [0.15, 0.2) is 134 Å². The van der Waals surface area contributed by atoms with Gasteiger partial charge in [0.25, 0.3) is 0 Å². The molecule has 6 heteroatoms. The average molecular weight is 1070 g/mol. The van der Waals surface area contributed by atoms with Crippen LogP contribution in [0.2, 0.25) is 0 Å². The Kier molecular flexibility index (Phi) is 60.4. The van der Waals surface area contributed by atoms with Gasteiger partial charge in [-0.1, -0.05) is 276 Å². The third kappa shape index (κ3) is 62.3. The van der Waals surface area contributed by atoms with Gasteiger partial charge in [0.15, 0.2) is 6.10 Å². The van der Waals surface area contributed by atoms with Gasteiger partial charge in [0.05, 0.1) is 0 Å². The van der Waals surface area contributed by atoms with E-state index in [1.165, 1.54) is 83.5 Å². The lowest BCUT2D eigenvalue weighted by Gasteiger charge is -2.18. The average Bonchev–Trinajstić information content (AvgIpc) is 3.43. The van der Waals surface area contributed by atoms with Crippen molar-refractivity contribution in [2.24, 2.45) is 0 Å². The molecule has 0 aliphatic carbocycles. The van der Waals surface area contributed by atoms with Crippen LogP contribution in [0.1, 0.15) is 278 Å². The molecule has 0 aliphatic rings. The summed E-state index contributed by atoms with van der Waals surface area (Å²) in [6, 6.07) is 0. The van der Waals surface area contributed by atoms with Crippen molar-refractivity contribution in [2.75, 3.05) is 13.2 Å². The highest BCUT2D eigenvalue weighted by Crippen LogP contribution is 2.16. The summed E-state index contributed by atoms with van der Waals surface area (Å²) >= 11 is 0. The molecule has 0 N–H and O–H groups in total. The first kappa shape index (κ1) is 72.5. The highest BCUT2D eigenvalue weighted by Gasteiger charge is 2.19. The number of carbonyl (C=O) groups is 3. The molecule has 0 fully saturated rings. The van der Waals surface area contributed by atoms with Crippen molar-refractivity contribution < 1.29 is 28.6 Å². The van der Waals surface area contributed by atoms with E-state index in [2.05, 4.69) is 154 Å². The van der Waals surface area contributed by atoms with Crippen LogP contribution in [0.25, 0.3) is 0 Å². The summed E-state index contributed by atoms with van der Waals surface area (Å²) < 4.78 is 16.7. The van der Waals surface area contributed by atoms with Crippen molar-refractivity contribution in [1.29, 1.82) is 0 Å². The van der Waals surface area contributed by atoms with Crippen molar-refractivity contribution in [1.82, 2.24) is 0 Å². The predicted molar refractivity (Wildman–Crippen MR) is 334 cm³/mol. The van der Waals surface area contributed by atoms with Crippen molar-refractivity contribution in [3.63, 3.8) is 0 Å². The topological polar surface area (TPSA) is 78.9 Å². The van der Waals surface area contributed by atoms with E-state index in [1.807, 2.05) is 0 Å². The molecule has 6 nitrogen and oxygen atoms in total. The van der Waals surface area contributed by atoms with Gasteiger partial charge in [-0.05, 0) is 116 Å². The third-order valence-electron chi connectivity index (χ3n) is 13.2. The van der Waals surface area contributed by atoms with Gasteiger partial charge in [0.2, 0.25) is 0 Å². The minimum Gasteiger partial charge on any atom is -0.462 e. The second-order valence-electron chi connectivity index (χ2n) is 20.6. The van der Waals surface area contributed by atoms with Gasteiger partial charge >= 0.3 is 17.9 Å². The Balaban J connectivity index is 4.08. The molecule has 1 unspecified atom stereocenters. The summed E-state index contributed by atoms with van der Waals surface area (Å²) in [5, 5.41) is 0. The Labute approximate surface area is 475 Å². The zero-order valence-electron chi connectivity index (χ0n) is 49.9. The number of hydrogen-bond acceptors (Lipinski definition) is 6. The first-order valence-electron chi connectivity index (χ1n) is 31.7. The van der Waals surface area contributed by atoms with Gasteiger partial charge in [-0.2, -0.15) is 0 Å². The molecule has 436 valence electrons. The molecule has 0 heterocycles. The molecule has 0 bridgehead atoms. The maximum absolute atomic E-state index is 12.8. The Morgan fingerprint density at radius 2 is 0.506 bits per heavy atom. The number of hydrogen-bond donors (Lipinski definition) is 0. The second kappa shape index (κ2) is 64.1. The normalized spacial score (nSPS) is 13.0. The van der Waals surface area contributed by atoms with Crippen LogP contribution in [-0.4, -0.2) is 37.2 Å². The van der Waals surface area contributed by atoms with Crippen molar-refractivity contribution >= 4 is 17.9 Å². The summed E-state index contributed by atoms with van der Waals surface area (Å²) in [6.45, 7) is 6.31. The van der Waals surface area contributed by atoms with Crippen LogP contribution >= 0.6 is 0 Å². The fourth-order valence-corrected chi connectivity index (χ4v) is 8.47. The number of carbonyl (C=O) groups excluding carboxylic acids is 3. The molecule has 0 saturated heterocycles. The van der Waals surface area contributed by atoms with E-state index in [1.54, 1.807) is 0 Å². The summed E-state index contributed by atoms with van der Waals surface area (Å²) in [5.74, 6) is -0.929. The molecule has 0 rings (SSSR count). The SMILES string of the molecule is CC/C=C\C/C=C\C/C=C\C/C=C\C/C=C\C/C=C\CCCCCCC(=O)OC(COC(=O)CCCCCCC)COC(=O)CCCCCCCCCCCCCCCCC/C=C\C/C=C\C/C=C\C/C=C\C/C=C\CC. The molecule has 0 aromatic heterocycles. The molecule has 0 aromatic rings. The number of ether oxygens (including phenoxy) is 3. The lowest BCUT2D eigenvalue weighted by molar-refractivity contribution is -0.167. The maximum Gasteiger partial charge on any atom is 0.306 e. The Morgan fingerprint density at radius 3 is 0.792 bits per heavy atom. The standard InChI is InChI=1S/C71H116O6/c1-4-7-10-13-15-17-19-21-23-25-27-29-31-32-33-34-35-36-37-38-40-41-43-45-47-49-51-53-55-58-61-64-70(73)76-67-68(66-75-69(72)63-60-57-12-9-6-3)77-71(74)65-62-59-56-54-52-50-48-46-44-42-39-30-28-26-24-22-20-18-16-14-11-8-5-2/h7-8,10-11,15-18,21-24,27-30,32-33,42,44,48,50,68H,4-6,9,12-14,19-20,25-26,31,34-41,43,45-47,49,51-67H2,1-3H3/b10-7-,11-8-,17-15-,18-16-,23-21-,24-22-,29-27-,30-28-,33-32-,44-42-,50-48-. The lowest BCUT2D eigenvalue weighted by atomic mass is 10.0. The second-order valence-corrected chi connectivity index (χ2v) is 20.6. The highest BCUT2D eigenvalue weighted by atomic mass is 16.6. The van der Waals surface area contributed by atoms with Gasteiger partial charge in [0, 0.05) is 19.3 Å². The quantitative estimate of drug-likeness (QED) is 0.0261. The number of allylic oxidation sites excluding steroid dienone is 22. The molecule has 0 amide bonds. The van der Waals surface area contributed by atoms with Crippen molar-refractivity contribution in [3.8, 4) is 0 Å². The van der Waals surface area contributed by atoms with Crippen LogP contribution in [0.3, 0.4) is 0 Å². The van der Waals surface area contributed by atoms with Gasteiger partial charge in [0.1, 0.15) is 13.2 Å². The largest absolute Gasteiger partial charge is 0.462 e. The molecule has 77 heavy (non-hydrogen) atoms. The zero-order chi connectivity index (χ0) is 55.7. The van der Waals surface area contributed by atoms with E-state index in [4.69, 9.17) is 14.2 Å². The summed E-state index contributed by atoms with van der Waals surface area (Å²) in [7, 11) is 0. The summed E-state index contributed by atoms with van der Waals surface area (Å²) in [6.07, 6.45) is 90.8. The molecule has 0 aliphatic heterocycles. The number of rotatable bonds is 56. The number of esters is 3. The third-order valence-corrected chi connectivity index (χ3v) is 13.2. The summed E-state index contributed by atoms with van der Waals surface area (Å²) in [4.78, 5) is 37.9. The minimum absolute atomic E-state index is 0.0905. The van der Waals surface area contributed by atoms with Crippen LogP contribution in [0, 0.1) is 0 Å². The van der Waals surface area contributed by atoms with Crippen molar-refractivity contribution in [3.05, 3.63) is 134 Å². The fraction of sp³-hybridized carbons (Fsp3) is 0.648. The van der Waals surface area contributed by atoms with Crippen LogP contribution in [0.4, 0.5) is 0 Å². The van der Waals surface area contributed by atoms with E-state index in [-0.39, 0.29) is 31.1 Å². The number of unbranched alkanes of at least 4 members (excludes halogenated alkanes) is 23. The minimum atomic E-state index is -0.792. The van der Waals surface area contributed by atoms with Gasteiger partial charge in [-0.15, -0.1) is 0 Å². The Hall–Kier alpha value is -4.45. The molecule has 0 aromatic carbocycles. The molecule has 0 radical (unpaired) electrons. The monoisotopic (exact) mass is 1060 g/mol. The highest BCUT2D eigenvalue weighted by molar-refractivity contribution is 5.71. The van der Waals surface area contributed by atoms with Crippen LogP contribution in [-0.2, 0) is 28.6 Å². The van der Waals surface area contributed by atoms with E-state index >= 15 is 0 Å². The first-order chi connectivity index (χ1) is 38.0. The fourth-order valence-electron chi connectivity index (χ4n) is 8.47. The van der Waals surface area contributed by atoms with E-state index in [0.717, 1.165) is 154 Å². The molecular weight excluding hydrogens is 949 g/mol. The van der Waals surface area contributed by atoms with Gasteiger partial charge in [-0.25, -0.2) is 0 Å². The first-order valence-corrected chi connectivity index (χ1v) is 31.7. The predicted octanol–water partition coefficient (Wildman–Crippen LogP) is 21.8. The molecule has 0 saturated carbocycles. The lowest BCUT2D eigenvalue weighted by Crippen LogP contribution is -2.30. The van der Waals surface area contributed by atoms with Crippen LogP contribution in [0.5, 0.6) is 0 Å². The smallest absolute Gasteiger partial charge is 0.306 e. The van der Waals surface area contributed by atoms with Crippen molar-refractivity contribution in [2.45, 2.75) is 284 Å². The van der Waals surface area contributed by atoms with E-state index in [9.17, 15) is 14.4 Å². The zero-order valence-corrected chi connectivity index (χ0v) is 49.9.